The average molecular weight is 316 g/mol. The number of rotatable bonds is 8. The quantitative estimate of drug-likeness (QED) is 0.585. The second-order valence-corrected chi connectivity index (χ2v) is 5.02. The lowest BCUT2D eigenvalue weighted by Gasteiger charge is -2.07. The number of unbranched alkanes of at least 4 members (excludes halogenated alkanes) is 1. The first-order valence-corrected chi connectivity index (χ1v) is 7.63. The van der Waals surface area contributed by atoms with Gasteiger partial charge in [-0.1, -0.05) is 31.2 Å². The third-order valence-electron chi connectivity index (χ3n) is 3.27. The van der Waals surface area contributed by atoms with Crippen molar-refractivity contribution in [1.82, 2.24) is 5.32 Å². The molecule has 1 aliphatic rings. The Labute approximate surface area is 136 Å². The van der Waals surface area contributed by atoms with Crippen molar-refractivity contribution in [1.29, 1.82) is 0 Å². The predicted octanol–water partition coefficient (Wildman–Crippen LogP) is 3.86. The SMILES string of the molecule is CCCCOC1=C=CC(NCc2ccc(OC)cc2)=C(F)C=N1. The number of halogens is 1. The molecule has 122 valence electrons. The van der Waals surface area contributed by atoms with Gasteiger partial charge in [-0.3, -0.25) is 0 Å². The molecule has 0 saturated heterocycles. The molecular weight excluding hydrogens is 295 g/mol. The first-order valence-electron chi connectivity index (χ1n) is 7.63. The van der Waals surface area contributed by atoms with Gasteiger partial charge in [-0.25, -0.2) is 9.38 Å². The zero-order chi connectivity index (χ0) is 16.5. The van der Waals surface area contributed by atoms with Crippen LogP contribution in [0.5, 0.6) is 5.75 Å². The number of ether oxygens (including phenoxy) is 2. The van der Waals surface area contributed by atoms with E-state index in [0.717, 1.165) is 30.4 Å². The number of hydrogen-bond donors (Lipinski definition) is 1. The predicted molar refractivity (Wildman–Crippen MR) is 88.9 cm³/mol. The van der Waals surface area contributed by atoms with E-state index < -0.39 is 5.83 Å². The molecule has 0 fully saturated rings. The molecule has 0 radical (unpaired) electrons. The first kappa shape index (κ1) is 16.8. The third kappa shape index (κ3) is 5.31. The van der Waals surface area contributed by atoms with Crippen molar-refractivity contribution < 1.29 is 13.9 Å². The van der Waals surface area contributed by atoms with Crippen LogP contribution in [-0.2, 0) is 11.3 Å². The number of nitrogens with zero attached hydrogens (tertiary/aromatic N) is 1. The van der Waals surface area contributed by atoms with Crippen molar-refractivity contribution in [3.8, 4) is 5.75 Å². The van der Waals surface area contributed by atoms with Gasteiger partial charge in [0.15, 0.2) is 5.83 Å². The van der Waals surface area contributed by atoms with E-state index in [1.165, 1.54) is 6.08 Å². The molecule has 0 saturated carbocycles. The molecule has 4 nitrogen and oxygen atoms in total. The van der Waals surface area contributed by atoms with Crippen LogP contribution < -0.4 is 10.1 Å². The molecule has 1 aromatic rings. The molecule has 0 unspecified atom stereocenters. The summed E-state index contributed by atoms with van der Waals surface area (Å²) in [5.41, 5.74) is 4.22. The minimum atomic E-state index is -0.444. The monoisotopic (exact) mass is 316 g/mol. The number of allylic oxidation sites excluding steroid dienone is 2. The summed E-state index contributed by atoms with van der Waals surface area (Å²) in [6, 6.07) is 7.58. The lowest BCUT2D eigenvalue weighted by atomic mass is 10.2. The number of nitrogens with one attached hydrogen (secondary N) is 1. The average Bonchev–Trinajstić information content (AvgIpc) is 2.76. The molecule has 23 heavy (non-hydrogen) atoms. The van der Waals surface area contributed by atoms with Gasteiger partial charge in [-0.15, -0.1) is 0 Å². The van der Waals surface area contributed by atoms with Gasteiger partial charge in [-0.05, 0) is 24.1 Å². The van der Waals surface area contributed by atoms with E-state index in [-0.39, 0.29) is 0 Å². The van der Waals surface area contributed by atoms with Crippen LogP contribution in [0.1, 0.15) is 25.3 Å². The maximum atomic E-state index is 14.0. The van der Waals surface area contributed by atoms with Gasteiger partial charge in [0.25, 0.3) is 5.88 Å². The standard InChI is InChI=1S/C18H21FN2O2/c1-3-4-11-23-18-10-9-17(16(19)13-21-18)20-12-14-5-7-15(22-2)8-6-14/h5-9,13,20H,3-4,11-12H2,1-2H3. The van der Waals surface area contributed by atoms with Crippen LogP contribution >= 0.6 is 0 Å². The van der Waals surface area contributed by atoms with E-state index in [0.29, 0.717) is 24.7 Å². The fraction of sp³-hybridized carbons (Fsp3) is 0.333. The number of aliphatic imine (C=N–C) groups is 1. The van der Waals surface area contributed by atoms with Crippen molar-refractivity contribution in [3.63, 3.8) is 0 Å². The third-order valence-corrected chi connectivity index (χ3v) is 3.27. The van der Waals surface area contributed by atoms with Crippen molar-refractivity contribution >= 4 is 6.21 Å². The Morgan fingerprint density at radius 1 is 1.26 bits per heavy atom. The molecule has 1 aliphatic heterocycles. The summed E-state index contributed by atoms with van der Waals surface area (Å²) in [6.45, 7) is 3.12. The van der Waals surface area contributed by atoms with E-state index in [1.54, 1.807) is 7.11 Å². The summed E-state index contributed by atoms with van der Waals surface area (Å²) in [7, 11) is 1.62. The van der Waals surface area contributed by atoms with E-state index in [9.17, 15) is 4.39 Å². The van der Waals surface area contributed by atoms with Crippen LogP contribution in [0.4, 0.5) is 4.39 Å². The topological polar surface area (TPSA) is 42.8 Å². The molecule has 2 rings (SSSR count). The second kappa shape index (κ2) is 8.81. The maximum absolute atomic E-state index is 14.0. The fourth-order valence-corrected chi connectivity index (χ4v) is 1.89. The summed E-state index contributed by atoms with van der Waals surface area (Å²) < 4.78 is 24.5. The van der Waals surface area contributed by atoms with Crippen LogP contribution in [0, 0.1) is 0 Å². The van der Waals surface area contributed by atoms with Gasteiger partial charge in [-0.2, -0.15) is 0 Å². The van der Waals surface area contributed by atoms with Crippen LogP contribution in [-0.4, -0.2) is 19.9 Å². The van der Waals surface area contributed by atoms with Gasteiger partial charge in [0.05, 0.1) is 25.6 Å². The molecular formula is C18H21FN2O2. The Bertz CT molecular complexity index is 641. The zero-order valence-corrected chi connectivity index (χ0v) is 13.4. The Kier molecular flexibility index (Phi) is 6.45. The summed E-state index contributed by atoms with van der Waals surface area (Å²) in [5.74, 6) is 0.646. The van der Waals surface area contributed by atoms with E-state index in [4.69, 9.17) is 9.47 Å². The Balaban J connectivity index is 1.97. The van der Waals surface area contributed by atoms with E-state index >= 15 is 0 Å². The first-order chi connectivity index (χ1) is 11.2. The lowest BCUT2D eigenvalue weighted by molar-refractivity contribution is 0.206. The van der Waals surface area contributed by atoms with E-state index in [2.05, 4.69) is 23.0 Å². The smallest absolute Gasteiger partial charge is 0.260 e. The van der Waals surface area contributed by atoms with Crippen molar-refractivity contribution in [3.05, 3.63) is 59.0 Å². The van der Waals surface area contributed by atoms with Gasteiger partial charge in [0.1, 0.15) is 5.75 Å². The highest BCUT2D eigenvalue weighted by Crippen LogP contribution is 2.13. The van der Waals surface area contributed by atoms with Crippen molar-refractivity contribution in [2.75, 3.05) is 13.7 Å². The molecule has 5 heteroatoms. The molecule has 0 spiro atoms. The zero-order valence-electron chi connectivity index (χ0n) is 13.4. The summed E-state index contributed by atoms with van der Waals surface area (Å²) in [5, 5.41) is 3.04. The minimum Gasteiger partial charge on any atom is -0.497 e. The highest BCUT2D eigenvalue weighted by Gasteiger charge is 2.06. The Morgan fingerprint density at radius 3 is 2.74 bits per heavy atom. The van der Waals surface area contributed by atoms with Crippen LogP contribution in [0.25, 0.3) is 0 Å². The number of benzene rings is 1. The number of hydrogen-bond acceptors (Lipinski definition) is 4. The Morgan fingerprint density at radius 2 is 2.04 bits per heavy atom. The lowest BCUT2D eigenvalue weighted by Crippen LogP contribution is -2.12. The Hall–Kier alpha value is -2.52. The molecule has 0 atom stereocenters. The highest BCUT2D eigenvalue weighted by atomic mass is 19.1. The normalized spacial score (nSPS) is 13.6. The van der Waals surface area contributed by atoms with Crippen molar-refractivity contribution in [2.24, 2.45) is 4.99 Å². The largest absolute Gasteiger partial charge is 0.497 e. The number of methoxy groups -OCH3 is 1. The molecule has 0 aromatic heterocycles. The minimum absolute atomic E-state index is 0.301. The maximum Gasteiger partial charge on any atom is 0.260 e. The molecule has 0 amide bonds. The summed E-state index contributed by atoms with van der Waals surface area (Å²) >= 11 is 0. The molecule has 0 bridgehead atoms. The fourth-order valence-electron chi connectivity index (χ4n) is 1.89. The summed E-state index contributed by atoms with van der Waals surface area (Å²) in [6.07, 6.45) is 4.63. The van der Waals surface area contributed by atoms with Crippen LogP contribution in [0.3, 0.4) is 0 Å². The van der Waals surface area contributed by atoms with Crippen LogP contribution in [0.2, 0.25) is 0 Å². The van der Waals surface area contributed by atoms with E-state index in [1.807, 2.05) is 24.3 Å². The van der Waals surface area contributed by atoms with Gasteiger partial charge in [0.2, 0.25) is 0 Å². The highest BCUT2D eigenvalue weighted by molar-refractivity contribution is 5.78. The second-order valence-electron chi connectivity index (χ2n) is 5.02. The van der Waals surface area contributed by atoms with Gasteiger partial charge >= 0.3 is 0 Å². The van der Waals surface area contributed by atoms with Crippen molar-refractivity contribution in [2.45, 2.75) is 26.3 Å². The van der Waals surface area contributed by atoms with Gasteiger partial charge in [0, 0.05) is 12.6 Å². The molecule has 0 aliphatic carbocycles. The molecule has 1 aromatic carbocycles. The van der Waals surface area contributed by atoms with Crippen LogP contribution in [0.15, 0.2) is 58.5 Å². The molecule has 1 heterocycles. The molecule has 1 N–H and O–H groups in total. The van der Waals surface area contributed by atoms with Gasteiger partial charge < -0.3 is 14.8 Å². The summed E-state index contributed by atoms with van der Waals surface area (Å²) in [4.78, 5) is 3.94.